The molecule has 0 unspecified atom stereocenters. The molecule has 1 heteroatoms. The molecule has 0 fully saturated rings. The Hall–Kier alpha value is 0.363. The largest absolute Gasteiger partial charge is 0.0764 e. The first-order chi connectivity index (χ1) is 4.58. The van der Waals surface area contributed by atoms with Crippen LogP contribution in [0.1, 0.15) is 27.2 Å². The van der Waals surface area contributed by atoms with Crippen LogP contribution in [0.5, 0.6) is 0 Å². The molecular formula is C10H15Zr. The molecule has 0 atom stereocenters. The van der Waals surface area contributed by atoms with Crippen molar-refractivity contribution in [2.45, 2.75) is 27.2 Å². The first kappa shape index (κ1) is 11.4. The molecule has 1 aliphatic carbocycles. The molecule has 0 nitrogen and oxygen atoms in total. The van der Waals surface area contributed by atoms with Crippen molar-refractivity contribution in [2.24, 2.45) is 5.41 Å². The fourth-order valence-corrected chi connectivity index (χ4v) is 1.14. The molecular weight excluding hydrogens is 211 g/mol. The molecule has 0 aromatic carbocycles. The maximum absolute atomic E-state index is 2.26. The third-order valence-corrected chi connectivity index (χ3v) is 1.47. The Kier molecular flexibility index (Phi) is 4.55. The van der Waals surface area contributed by atoms with Crippen LogP contribution >= 0.6 is 0 Å². The first-order valence-corrected chi connectivity index (χ1v) is 3.78. The Morgan fingerprint density at radius 1 is 1.27 bits per heavy atom. The Balaban J connectivity index is 0.000001000. The summed E-state index contributed by atoms with van der Waals surface area (Å²) in [6, 6.07) is 0. The zero-order valence-corrected chi connectivity index (χ0v) is 9.97. The number of allylic oxidation sites excluding steroid dienone is 4. The van der Waals surface area contributed by atoms with Crippen molar-refractivity contribution in [3.05, 3.63) is 30.2 Å². The summed E-state index contributed by atoms with van der Waals surface area (Å²) in [5.74, 6) is 0. The summed E-state index contributed by atoms with van der Waals surface area (Å²) >= 11 is 0. The van der Waals surface area contributed by atoms with E-state index in [0.29, 0.717) is 5.41 Å². The van der Waals surface area contributed by atoms with Crippen molar-refractivity contribution in [3.63, 3.8) is 0 Å². The second-order valence-electron chi connectivity index (χ2n) is 4.03. The standard InChI is InChI=1S/C10H15.Zr/c1-10(2,3)8-9-6-4-5-7-9;/h4-7H,8H2,1-3H3;. The van der Waals surface area contributed by atoms with Crippen LogP contribution in [-0.4, -0.2) is 0 Å². The van der Waals surface area contributed by atoms with Crippen LogP contribution in [0, 0.1) is 11.8 Å². The van der Waals surface area contributed by atoms with Crippen molar-refractivity contribution >= 4 is 0 Å². The van der Waals surface area contributed by atoms with Gasteiger partial charge in [-0.2, -0.15) is 0 Å². The molecule has 0 N–H and O–H groups in total. The predicted molar refractivity (Wildman–Crippen MR) is 45.6 cm³/mol. The number of rotatable bonds is 1. The van der Waals surface area contributed by atoms with Gasteiger partial charge in [-0.15, -0.1) is 0 Å². The molecule has 59 valence electrons. The van der Waals surface area contributed by atoms with E-state index < -0.39 is 0 Å². The Morgan fingerprint density at radius 3 is 2.27 bits per heavy atom. The molecule has 0 aromatic heterocycles. The van der Waals surface area contributed by atoms with E-state index >= 15 is 0 Å². The van der Waals surface area contributed by atoms with E-state index in [1.807, 2.05) is 0 Å². The monoisotopic (exact) mass is 225 g/mol. The Morgan fingerprint density at radius 2 is 1.91 bits per heavy atom. The summed E-state index contributed by atoms with van der Waals surface area (Å²) < 4.78 is 0. The van der Waals surface area contributed by atoms with Gasteiger partial charge >= 0.3 is 0 Å². The first-order valence-electron chi connectivity index (χ1n) is 3.78. The number of hydrogen-bond acceptors (Lipinski definition) is 0. The minimum absolute atomic E-state index is 0. The summed E-state index contributed by atoms with van der Waals surface area (Å²) in [7, 11) is 0. The van der Waals surface area contributed by atoms with Crippen molar-refractivity contribution in [2.75, 3.05) is 0 Å². The molecule has 0 saturated carbocycles. The van der Waals surface area contributed by atoms with Gasteiger partial charge in [-0.25, -0.2) is 0 Å². The van der Waals surface area contributed by atoms with E-state index in [-0.39, 0.29) is 26.2 Å². The molecule has 0 saturated heterocycles. The van der Waals surface area contributed by atoms with Gasteiger partial charge in [0.05, 0.1) is 0 Å². The molecule has 0 spiro atoms. The van der Waals surface area contributed by atoms with Gasteiger partial charge in [0.15, 0.2) is 0 Å². The van der Waals surface area contributed by atoms with Gasteiger partial charge in [0, 0.05) is 32.6 Å². The Bertz CT molecular complexity index is 170. The van der Waals surface area contributed by atoms with E-state index in [0.717, 1.165) is 0 Å². The molecule has 0 bridgehead atoms. The van der Waals surface area contributed by atoms with Crippen LogP contribution in [0.15, 0.2) is 23.8 Å². The quantitative estimate of drug-likeness (QED) is 0.644. The fourth-order valence-electron chi connectivity index (χ4n) is 1.14. The zero-order chi connectivity index (χ0) is 7.61. The van der Waals surface area contributed by atoms with Gasteiger partial charge in [-0.1, -0.05) is 44.6 Å². The van der Waals surface area contributed by atoms with Crippen LogP contribution in [0.3, 0.4) is 0 Å². The van der Waals surface area contributed by atoms with E-state index in [1.54, 1.807) is 0 Å². The minimum Gasteiger partial charge on any atom is -0.0764 e. The van der Waals surface area contributed by atoms with Crippen LogP contribution in [0.25, 0.3) is 0 Å². The van der Waals surface area contributed by atoms with Gasteiger partial charge in [-0.05, 0) is 11.8 Å². The summed E-state index contributed by atoms with van der Waals surface area (Å²) in [6.07, 6.45) is 9.75. The third kappa shape index (κ3) is 4.74. The van der Waals surface area contributed by atoms with Gasteiger partial charge in [-0.3, -0.25) is 0 Å². The smallest absolute Gasteiger partial charge is 0.00535 e. The van der Waals surface area contributed by atoms with Crippen LogP contribution in [0.4, 0.5) is 0 Å². The normalized spacial score (nSPS) is 16.1. The summed E-state index contributed by atoms with van der Waals surface area (Å²) in [5.41, 5.74) is 1.88. The minimum atomic E-state index is 0. The second kappa shape index (κ2) is 4.40. The molecule has 0 heterocycles. The van der Waals surface area contributed by atoms with E-state index in [2.05, 4.69) is 45.4 Å². The molecule has 0 aliphatic heterocycles. The van der Waals surface area contributed by atoms with Crippen molar-refractivity contribution in [1.29, 1.82) is 0 Å². The molecule has 1 radical (unpaired) electrons. The van der Waals surface area contributed by atoms with Gasteiger partial charge in [0.25, 0.3) is 0 Å². The van der Waals surface area contributed by atoms with Crippen molar-refractivity contribution in [3.8, 4) is 0 Å². The maximum atomic E-state index is 2.26. The molecule has 11 heavy (non-hydrogen) atoms. The van der Waals surface area contributed by atoms with Crippen LogP contribution in [-0.2, 0) is 26.2 Å². The average Bonchev–Trinajstić information content (AvgIpc) is 2.12. The maximum Gasteiger partial charge on any atom is 0.00535 e. The van der Waals surface area contributed by atoms with Gasteiger partial charge in [0.1, 0.15) is 0 Å². The second-order valence-corrected chi connectivity index (χ2v) is 4.03. The Labute approximate surface area is 88.9 Å². The van der Waals surface area contributed by atoms with E-state index in [9.17, 15) is 0 Å². The third-order valence-electron chi connectivity index (χ3n) is 1.47. The van der Waals surface area contributed by atoms with E-state index in [4.69, 9.17) is 0 Å². The predicted octanol–water partition coefficient (Wildman–Crippen LogP) is 3.12. The topological polar surface area (TPSA) is 0 Å². The van der Waals surface area contributed by atoms with Crippen molar-refractivity contribution in [1.82, 2.24) is 0 Å². The van der Waals surface area contributed by atoms with Gasteiger partial charge in [0.2, 0.25) is 0 Å². The summed E-state index contributed by atoms with van der Waals surface area (Å²) in [4.78, 5) is 0. The molecule has 0 aromatic rings. The molecule has 1 rings (SSSR count). The fraction of sp³-hybridized carbons (Fsp3) is 0.500. The van der Waals surface area contributed by atoms with Crippen LogP contribution < -0.4 is 0 Å². The van der Waals surface area contributed by atoms with Crippen molar-refractivity contribution < 1.29 is 26.2 Å². The van der Waals surface area contributed by atoms with E-state index in [1.165, 1.54) is 12.0 Å². The van der Waals surface area contributed by atoms with Crippen LogP contribution in [0.2, 0.25) is 0 Å². The SMILES string of the molecule is CC(C)(C)CC1=C[CH]C=C1.[Zr]. The average molecular weight is 226 g/mol. The van der Waals surface area contributed by atoms with Gasteiger partial charge < -0.3 is 0 Å². The summed E-state index contributed by atoms with van der Waals surface area (Å²) in [6.45, 7) is 6.79. The zero-order valence-electron chi connectivity index (χ0n) is 7.52. The summed E-state index contributed by atoms with van der Waals surface area (Å²) in [5, 5.41) is 0. The molecule has 0 amide bonds. The molecule has 1 aliphatic rings. The number of hydrogen-bond donors (Lipinski definition) is 0.